The predicted octanol–water partition coefficient (Wildman–Crippen LogP) is 0.0936. The van der Waals surface area contributed by atoms with Crippen LogP contribution in [0.5, 0.6) is 0 Å². The number of rotatable bonds is 5. The van der Waals surface area contributed by atoms with Gasteiger partial charge in [0.25, 0.3) is 0 Å². The van der Waals surface area contributed by atoms with E-state index in [-0.39, 0.29) is 12.7 Å². The summed E-state index contributed by atoms with van der Waals surface area (Å²) in [5, 5.41) is 13.4. The molecule has 2 rings (SSSR count). The van der Waals surface area contributed by atoms with E-state index < -0.39 is 0 Å². The molecule has 0 saturated carbocycles. The number of aromatic nitrogens is 2. The molecule has 1 fully saturated rings. The highest BCUT2D eigenvalue weighted by Crippen LogP contribution is 2.19. The van der Waals surface area contributed by atoms with Crippen LogP contribution in [0, 0.1) is 0 Å². The van der Waals surface area contributed by atoms with Gasteiger partial charge in [-0.3, -0.25) is 4.90 Å². The molecule has 0 spiro atoms. The first-order valence-electron chi connectivity index (χ1n) is 5.81. The van der Waals surface area contributed by atoms with E-state index in [1.165, 1.54) is 11.5 Å². The number of piperidine rings is 1. The average Bonchev–Trinajstić information content (AvgIpc) is 2.74. The minimum Gasteiger partial charge on any atom is -0.394 e. The van der Waals surface area contributed by atoms with Crippen molar-refractivity contribution in [3.8, 4) is 0 Å². The third-order valence-electron chi connectivity index (χ3n) is 2.94. The van der Waals surface area contributed by atoms with E-state index in [4.69, 9.17) is 15.6 Å². The van der Waals surface area contributed by atoms with E-state index in [9.17, 15) is 0 Å². The van der Waals surface area contributed by atoms with Crippen molar-refractivity contribution in [1.82, 2.24) is 14.5 Å². The molecule has 0 bridgehead atoms. The Hall–Kier alpha value is -0.760. The van der Waals surface area contributed by atoms with Gasteiger partial charge in [-0.25, -0.2) is 0 Å². The van der Waals surface area contributed by atoms with E-state index in [0.717, 1.165) is 38.2 Å². The minimum absolute atomic E-state index is 0.0985. The van der Waals surface area contributed by atoms with Crippen molar-refractivity contribution in [3.05, 3.63) is 5.69 Å². The Morgan fingerprint density at radius 2 is 2.24 bits per heavy atom. The molecule has 1 aromatic heterocycles. The highest BCUT2D eigenvalue weighted by molar-refractivity contribution is 7.09. The van der Waals surface area contributed by atoms with Gasteiger partial charge in [0, 0.05) is 31.2 Å². The third kappa shape index (κ3) is 3.60. The van der Waals surface area contributed by atoms with Crippen molar-refractivity contribution in [2.75, 3.05) is 32.0 Å². The van der Waals surface area contributed by atoms with Crippen molar-refractivity contribution in [3.63, 3.8) is 0 Å². The second kappa shape index (κ2) is 6.25. The summed E-state index contributed by atoms with van der Waals surface area (Å²) >= 11 is 1.24. The number of anilines is 1. The van der Waals surface area contributed by atoms with Gasteiger partial charge in [-0.2, -0.15) is 0 Å². The first-order chi connectivity index (χ1) is 8.29. The largest absolute Gasteiger partial charge is 0.394 e. The first kappa shape index (κ1) is 12.7. The standard InChI is InChI=1S/C10H18N4O2S/c11-10-9(12-13-17-10)7-14-3-1-8(2-4-14)16-6-5-15/h8,15H,1-7,11H2. The van der Waals surface area contributed by atoms with Gasteiger partial charge in [-0.05, 0) is 12.8 Å². The lowest BCUT2D eigenvalue weighted by Gasteiger charge is -2.31. The van der Waals surface area contributed by atoms with Gasteiger partial charge >= 0.3 is 0 Å². The number of nitrogens with two attached hydrogens (primary N) is 1. The van der Waals surface area contributed by atoms with Crippen LogP contribution in [-0.4, -0.2) is 52.0 Å². The summed E-state index contributed by atoms with van der Waals surface area (Å²) in [7, 11) is 0. The predicted molar refractivity (Wildman–Crippen MR) is 65.7 cm³/mol. The summed E-state index contributed by atoms with van der Waals surface area (Å²) in [5.74, 6) is 0. The van der Waals surface area contributed by atoms with Crippen LogP contribution in [-0.2, 0) is 11.3 Å². The maximum atomic E-state index is 8.69. The molecule has 7 heteroatoms. The number of aliphatic hydroxyl groups is 1. The van der Waals surface area contributed by atoms with Crippen molar-refractivity contribution in [2.24, 2.45) is 0 Å². The Balaban J connectivity index is 1.74. The maximum Gasteiger partial charge on any atom is 0.132 e. The maximum absolute atomic E-state index is 8.69. The molecule has 0 aromatic carbocycles. The summed E-state index contributed by atoms with van der Waals surface area (Å²) in [5.41, 5.74) is 6.64. The average molecular weight is 258 g/mol. The van der Waals surface area contributed by atoms with Gasteiger partial charge in [-0.1, -0.05) is 4.49 Å². The van der Waals surface area contributed by atoms with Gasteiger partial charge in [0.2, 0.25) is 0 Å². The summed E-state index contributed by atoms with van der Waals surface area (Å²) in [6.07, 6.45) is 2.28. The van der Waals surface area contributed by atoms with E-state index >= 15 is 0 Å². The van der Waals surface area contributed by atoms with Crippen LogP contribution in [0.4, 0.5) is 5.00 Å². The zero-order valence-electron chi connectivity index (χ0n) is 9.71. The lowest BCUT2D eigenvalue weighted by atomic mass is 10.1. The highest BCUT2D eigenvalue weighted by Gasteiger charge is 2.20. The second-order valence-corrected chi connectivity index (χ2v) is 4.94. The van der Waals surface area contributed by atoms with Crippen LogP contribution in [0.3, 0.4) is 0 Å². The molecule has 0 amide bonds. The first-order valence-corrected chi connectivity index (χ1v) is 6.58. The number of nitrogen functional groups attached to an aromatic ring is 1. The Morgan fingerprint density at radius 1 is 1.47 bits per heavy atom. The Morgan fingerprint density at radius 3 is 2.82 bits per heavy atom. The van der Waals surface area contributed by atoms with Crippen LogP contribution in [0.1, 0.15) is 18.5 Å². The summed E-state index contributed by atoms with van der Waals surface area (Å²) in [4.78, 5) is 2.31. The molecule has 1 aliphatic rings. The van der Waals surface area contributed by atoms with Crippen LogP contribution in [0.25, 0.3) is 0 Å². The number of ether oxygens (including phenoxy) is 1. The zero-order chi connectivity index (χ0) is 12.1. The van der Waals surface area contributed by atoms with Crippen molar-refractivity contribution < 1.29 is 9.84 Å². The molecule has 17 heavy (non-hydrogen) atoms. The van der Waals surface area contributed by atoms with E-state index in [1.807, 2.05) is 0 Å². The molecule has 0 unspecified atom stereocenters. The molecule has 2 heterocycles. The molecular formula is C10H18N4O2S. The van der Waals surface area contributed by atoms with Crippen LogP contribution >= 0.6 is 11.5 Å². The fraction of sp³-hybridized carbons (Fsp3) is 0.800. The number of aliphatic hydroxyl groups excluding tert-OH is 1. The van der Waals surface area contributed by atoms with E-state index in [1.54, 1.807) is 0 Å². The van der Waals surface area contributed by atoms with E-state index in [0.29, 0.717) is 11.6 Å². The van der Waals surface area contributed by atoms with Gasteiger partial charge in [0.15, 0.2) is 0 Å². The number of hydrogen-bond acceptors (Lipinski definition) is 7. The lowest BCUT2D eigenvalue weighted by Crippen LogP contribution is -2.37. The molecule has 1 aromatic rings. The van der Waals surface area contributed by atoms with Crippen LogP contribution < -0.4 is 5.73 Å². The fourth-order valence-electron chi connectivity index (χ4n) is 1.99. The normalized spacial score (nSPS) is 18.6. The topological polar surface area (TPSA) is 84.5 Å². The van der Waals surface area contributed by atoms with Crippen molar-refractivity contribution in [1.29, 1.82) is 0 Å². The third-order valence-corrected chi connectivity index (χ3v) is 3.53. The van der Waals surface area contributed by atoms with Gasteiger partial charge in [0.05, 0.1) is 19.3 Å². The summed E-state index contributed by atoms with van der Waals surface area (Å²) < 4.78 is 9.34. The molecule has 3 N–H and O–H groups in total. The quantitative estimate of drug-likeness (QED) is 0.779. The lowest BCUT2D eigenvalue weighted by molar-refractivity contribution is -0.00915. The molecule has 1 aliphatic heterocycles. The number of nitrogens with zero attached hydrogens (tertiary/aromatic N) is 3. The molecular weight excluding hydrogens is 240 g/mol. The van der Waals surface area contributed by atoms with Crippen LogP contribution in [0.2, 0.25) is 0 Å². The molecule has 0 atom stereocenters. The summed E-state index contributed by atoms with van der Waals surface area (Å²) in [6, 6.07) is 0. The Kier molecular flexibility index (Phi) is 4.66. The van der Waals surface area contributed by atoms with Crippen molar-refractivity contribution >= 4 is 16.5 Å². The fourth-order valence-corrected chi connectivity index (χ4v) is 2.43. The molecule has 6 nitrogen and oxygen atoms in total. The number of hydrogen-bond donors (Lipinski definition) is 2. The Bertz CT molecular complexity index is 339. The van der Waals surface area contributed by atoms with Gasteiger partial charge in [-0.15, -0.1) is 5.10 Å². The molecule has 0 aliphatic carbocycles. The highest BCUT2D eigenvalue weighted by atomic mass is 32.1. The second-order valence-electron chi connectivity index (χ2n) is 4.15. The Labute approximate surface area is 105 Å². The van der Waals surface area contributed by atoms with E-state index in [2.05, 4.69) is 14.5 Å². The van der Waals surface area contributed by atoms with Gasteiger partial charge in [0.1, 0.15) is 10.7 Å². The molecule has 0 radical (unpaired) electrons. The van der Waals surface area contributed by atoms with Crippen LogP contribution in [0.15, 0.2) is 0 Å². The molecule has 1 saturated heterocycles. The molecule has 96 valence electrons. The van der Waals surface area contributed by atoms with Crippen molar-refractivity contribution in [2.45, 2.75) is 25.5 Å². The summed E-state index contributed by atoms with van der Waals surface area (Å²) in [6.45, 7) is 3.27. The van der Waals surface area contributed by atoms with Gasteiger partial charge < -0.3 is 15.6 Å². The number of likely N-dealkylation sites (tertiary alicyclic amines) is 1. The minimum atomic E-state index is 0.0985. The zero-order valence-corrected chi connectivity index (χ0v) is 10.5. The monoisotopic (exact) mass is 258 g/mol. The SMILES string of the molecule is Nc1snnc1CN1CCC(OCCO)CC1. The smallest absolute Gasteiger partial charge is 0.132 e.